The van der Waals surface area contributed by atoms with Gasteiger partial charge in [-0.2, -0.15) is 4.57 Å². The molecule has 0 amide bonds. The zero-order valence-corrected chi connectivity index (χ0v) is 21.8. The Morgan fingerprint density at radius 3 is 1.89 bits per heavy atom. The van der Waals surface area contributed by atoms with Crippen molar-refractivity contribution in [1.29, 1.82) is 0 Å². The van der Waals surface area contributed by atoms with Crippen LogP contribution in [0.4, 0.5) is 0 Å². The largest absolute Gasteiger partial charge is 0.309 e. The van der Waals surface area contributed by atoms with Gasteiger partial charge in [0.05, 0.1) is 5.56 Å². The van der Waals surface area contributed by atoms with E-state index in [1.165, 1.54) is 27.6 Å². The summed E-state index contributed by atoms with van der Waals surface area (Å²) in [6.07, 6.45) is 5.44. The molecule has 5 aromatic rings. The minimum absolute atomic E-state index is 0.0381. The highest BCUT2D eigenvalue weighted by Gasteiger charge is 2.44. The van der Waals surface area contributed by atoms with Gasteiger partial charge in [-0.05, 0) is 23.1 Å². The summed E-state index contributed by atoms with van der Waals surface area (Å²) in [7, 11) is -3.04. The van der Waals surface area contributed by atoms with Crippen molar-refractivity contribution in [3.63, 3.8) is 0 Å². The van der Waals surface area contributed by atoms with Crippen LogP contribution in [0.2, 0.25) is 0 Å². The standard InChI is InChI=1S/C33H31NOP/c1-3-33(4-2)23-26-19-20-30(22-31(26)32-21-25-13-11-12-14-27(25)24-34(32)33)36(35,28-15-7-5-8-16-28)29-17-9-6-10-18-29/h5-22,24H,3-4,23H2,1-2H3/q+1. The SMILES string of the molecule is CCC1(CC)Cc2ccc(P(=O)(c3ccccc3)c3ccccc3)cc2-c2cc3ccccc3c[n+]21. The number of pyridine rings is 1. The van der Waals surface area contributed by atoms with Crippen LogP contribution < -0.4 is 20.5 Å². The summed E-state index contributed by atoms with van der Waals surface area (Å²) in [4.78, 5) is 0. The van der Waals surface area contributed by atoms with Crippen LogP contribution in [0.1, 0.15) is 32.3 Å². The molecule has 1 aliphatic heterocycles. The van der Waals surface area contributed by atoms with Gasteiger partial charge in [-0.1, -0.05) is 105 Å². The Kier molecular flexibility index (Phi) is 5.66. The van der Waals surface area contributed by atoms with Gasteiger partial charge in [-0.3, -0.25) is 0 Å². The van der Waals surface area contributed by atoms with Gasteiger partial charge >= 0.3 is 0 Å². The fourth-order valence-corrected chi connectivity index (χ4v) is 8.62. The zero-order valence-electron chi connectivity index (χ0n) is 20.9. The highest BCUT2D eigenvalue weighted by Crippen LogP contribution is 2.45. The lowest BCUT2D eigenvalue weighted by Gasteiger charge is -2.33. The molecule has 178 valence electrons. The number of fused-ring (bicyclic) bond motifs is 4. The van der Waals surface area contributed by atoms with Crippen molar-refractivity contribution in [3.8, 4) is 11.3 Å². The van der Waals surface area contributed by atoms with Gasteiger partial charge < -0.3 is 4.57 Å². The molecule has 4 aromatic carbocycles. The molecule has 6 rings (SSSR count). The van der Waals surface area contributed by atoms with Gasteiger partial charge in [0.2, 0.25) is 5.69 Å². The van der Waals surface area contributed by atoms with Crippen LogP contribution in [0.15, 0.2) is 115 Å². The van der Waals surface area contributed by atoms with Gasteiger partial charge in [0.15, 0.2) is 18.9 Å². The Balaban J connectivity index is 1.63. The van der Waals surface area contributed by atoms with Gasteiger partial charge in [-0.25, -0.2) is 0 Å². The van der Waals surface area contributed by atoms with E-state index in [-0.39, 0.29) is 5.54 Å². The molecule has 0 fully saturated rings. The van der Waals surface area contributed by atoms with Crippen molar-refractivity contribution in [2.45, 2.75) is 38.6 Å². The number of rotatable bonds is 5. The average molecular weight is 489 g/mol. The summed E-state index contributed by atoms with van der Waals surface area (Å²) < 4.78 is 17.6. The third-order valence-corrected chi connectivity index (χ3v) is 11.2. The molecule has 3 heteroatoms. The molecule has 1 aromatic heterocycles. The molecule has 0 N–H and O–H groups in total. The number of benzene rings is 4. The molecule has 0 aliphatic carbocycles. The average Bonchev–Trinajstić information content (AvgIpc) is 2.96. The second kappa shape index (κ2) is 8.87. The fourth-order valence-electron chi connectivity index (χ4n) is 5.94. The third kappa shape index (κ3) is 3.47. The normalized spacial score (nSPS) is 14.3. The van der Waals surface area contributed by atoms with Crippen molar-refractivity contribution in [1.82, 2.24) is 0 Å². The molecule has 2 heterocycles. The third-order valence-electron chi connectivity index (χ3n) is 8.14. The number of hydrogen-bond acceptors (Lipinski definition) is 1. The molecule has 36 heavy (non-hydrogen) atoms. The topological polar surface area (TPSA) is 20.9 Å². The van der Waals surface area contributed by atoms with Crippen molar-refractivity contribution >= 4 is 33.8 Å². The van der Waals surface area contributed by atoms with E-state index in [1.807, 2.05) is 60.7 Å². The summed E-state index contributed by atoms with van der Waals surface area (Å²) in [5.41, 5.74) is 3.79. The molecular formula is C33H31NOP+. The fraction of sp³-hybridized carbons (Fsp3) is 0.182. The van der Waals surface area contributed by atoms with Crippen LogP contribution in [-0.2, 0) is 16.5 Å². The summed E-state index contributed by atoms with van der Waals surface area (Å²) in [5, 5.41) is 5.12. The Morgan fingerprint density at radius 1 is 0.694 bits per heavy atom. The zero-order chi connectivity index (χ0) is 24.8. The van der Waals surface area contributed by atoms with E-state index in [1.54, 1.807) is 0 Å². The van der Waals surface area contributed by atoms with Crippen LogP contribution in [0, 0.1) is 0 Å². The van der Waals surface area contributed by atoms with Crippen molar-refractivity contribution in [2.75, 3.05) is 0 Å². The maximum atomic E-state index is 15.1. The predicted octanol–water partition coefficient (Wildman–Crippen LogP) is 6.51. The quantitative estimate of drug-likeness (QED) is 0.204. The van der Waals surface area contributed by atoms with Crippen molar-refractivity contribution < 1.29 is 9.13 Å². The second-order valence-electron chi connectivity index (χ2n) is 9.89. The van der Waals surface area contributed by atoms with E-state index in [0.29, 0.717) is 0 Å². The molecule has 1 aliphatic rings. The first-order valence-corrected chi connectivity index (χ1v) is 14.6. The van der Waals surface area contributed by atoms with Crippen LogP contribution in [-0.4, -0.2) is 0 Å². The summed E-state index contributed by atoms with van der Waals surface area (Å²) >= 11 is 0. The molecule has 0 spiro atoms. The van der Waals surface area contributed by atoms with E-state index in [2.05, 4.69) is 73.1 Å². The Labute approximate surface area is 213 Å². The molecular weight excluding hydrogens is 457 g/mol. The molecule has 2 nitrogen and oxygen atoms in total. The van der Waals surface area contributed by atoms with Crippen molar-refractivity contribution in [2.24, 2.45) is 0 Å². The summed E-state index contributed by atoms with van der Waals surface area (Å²) in [5.74, 6) is 0. The number of nitrogens with zero attached hydrogens (tertiary/aromatic N) is 1. The van der Waals surface area contributed by atoms with Gasteiger partial charge in [0.1, 0.15) is 0 Å². The highest BCUT2D eigenvalue weighted by atomic mass is 31.2. The Morgan fingerprint density at radius 2 is 1.28 bits per heavy atom. The number of hydrogen-bond donors (Lipinski definition) is 0. The minimum Gasteiger partial charge on any atom is -0.309 e. The first kappa shape index (κ1) is 23.0. The Bertz CT molecular complexity index is 1560. The van der Waals surface area contributed by atoms with E-state index in [0.717, 1.165) is 35.2 Å². The molecule has 0 saturated heterocycles. The molecule has 0 saturated carbocycles. The lowest BCUT2D eigenvalue weighted by Crippen LogP contribution is -2.60. The highest BCUT2D eigenvalue weighted by molar-refractivity contribution is 7.85. The predicted molar refractivity (Wildman–Crippen MR) is 151 cm³/mol. The van der Waals surface area contributed by atoms with E-state index < -0.39 is 7.14 Å². The van der Waals surface area contributed by atoms with Crippen LogP contribution in [0.25, 0.3) is 22.0 Å². The maximum Gasteiger partial charge on any atom is 0.213 e. The molecule has 0 atom stereocenters. The van der Waals surface area contributed by atoms with Crippen LogP contribution in [0.5, 0.6) is 0 Å². The minimum atomic E-state index is -3.04. The molecule has 0 unspecified atom stereocenters. The number of aromatic nitrogens is 1. The maximum absolute atomic E-state index is 15.1. The van der Waals surface area contributed by atoms with E-state index >= 15 is 4.57 Å². The summed E-state index contributed by atoms with van der Waals surface area (Å²) in [6, 6.07) is 37.4. The lowest BCUT2D eigenvalue weighted by atomic mass is 9.79. The summed E-state index contributed by atoms with van der Waals surface area (Å²) in [6.45, 7) is 4.60. The molecule has 0 bridgehead atoms. The van der Waals surface area contributed by atoms with E-state index in [4.69, 9.17) is 0 Å². The second-order valence-corrected chi connectivity index (χ2v) is 12.7. The van der Waals surface area contributed by atoms with Gasteiger partial charge in [0, 0.05) is 46.6 Å². The van der Waals surface area contributed by atoms with Gasteiger partial charge in [0.25, 0.3) is 0 Å². The lowest BCUT2D eigenvalue weighted by molar-refractivity contribution is -0.757. The Hall–Kier alpha value is -3.48. The van der Waals surface area contributed by atoms with E-state index in [9.17, 15) is 0 Å². The van der Waals surface area contributed by atoms with Gasteiger partial charge in [-0.15, -0.1) is 0 Å². The first-order valence-electron chi connectivity index (χ1n) is 12.9. The van der Waals surface area contributed by atoms with Crippen LogP contribution in [0.3, 0.4) is 0 Å². The monoisotopic (exact) mass is 488 g/mol. The molecule has 0 radical (unpaired) electrons. The first-order chi connectivity index (χ1) is 17.6. The van der Waals surface area contributed by atoms with Crippen LogP contribution >= 0.6 is 7.14 Å². The smallest absolute Gasteiger partial charge is 0.213 e. The van der Waals surface area contributed by atoms with Crippen molar-refractivity contribution in [3.05, 3.63) is 121 Å².